The Kier molecular flexibility index (Phi) is 6.10. The number of aromatic nitrogens is 3. The molecule has 0 saturated carbocycles. The van der Waals surface area contributed by atoms with Gasteiger partial charge in [0.05, 0.1) is 39.0 Å². The SMILES string of the molecule is O=C(N[C@@H](Cc1ccncc1)CN1C(=O)c2ccccc2C1=O)c1cc2c(s1)CCCn1ncc(Cl)c1-2. The number of amides is 3. The van der Waals surface area contributed by atoms with E-state index in [9.17, 15) is 14.4 Å². The molecule has 0 bridgehead atoms. The van der Waals surface area contributed by atoms with Crippen LogP contribution in [0.25, 0.3) is 11.3 Å². The molecule has 8 nitrogen and oxygen atoms in total. The molecule has 3 aromatic heterocycles. The van der Waals surface area contributed by atoms with Gasteiger partial charge in [-0.25, -0.2) is 0 Å². The number of fused-ring (bicyclic) bond motifs is 4. The smallest absolute Gasteiger partial charge is 0.261 e. The van der Waals surface area contributed by atoms with Crippen LogP contribution in [-0.2, 0) is 19.4 Å². The Morgan fingerprint density at radius 1 is 1.08 bits per heavy atom. The summed E-state index contributed by atoms with van der Waals surface area (Å²) in [4.78, 5) is 46.4. The van der Waals surface area contributed by atoms with Crippen molar-refractivity contribution in [2.24, 2.45) is 0 Å². The van der Waals surface area contributed by atoms with Crippen LogP contribution in [0, 0.1) is 0 Å². The fourth-order valence-corrected chi connectivity index (χ4v) is 6.31. The van der Waals surface area contributed by atoms with Gasteiger partial charge in [-0.3, -0.25) is 28.9 Å². The van der Waals surface area contributed by atoms with Crippen LogP contribution < -0.4 is 5.32 Å². The second-order valence-corrected chi connectivity index (χ2v) is 10.7. The number of pyridine rings is 1. The van der Waals surface area contributed by atoms with Gasteiger partial charge in [0.15, 0.2) is 0 Å². The summed E-state index contributed by atoms with van der Waals surface area (Å²) in [5.74, 6) is -0.948. The third kappa shape index (κ3) is 4.34. The summed E-state index contributed by atoms with van der Waals surface area (Å²) in [5.41, 5.74) is 3.48. The summed E-state index contributed by atoms with van der Waals surface area (Å²) in [6.07, 6.45) is 7.17. The van der Waals surface area contributed by atoms with E-state index in [1.807, 2.05) is 22.9 Å². The van der Waals surface area contributed by atoms with E-state index in [1.54, 1.807) is 42.9 Å². The molecule has 186 valence electrons. The highest BCUT2D eigenvalue weighted by Crippen LogP contribution is 2.38. The second-order valence-electron chi connectivity index (χ2n) is 9.11. The van der Waals surface area contributed by atoms with Crippen molar-refractivity contribution in [1.29, 1.82) is 0 Å². The Hall–Kier alpha value is -3.82. The van der Waals surface area contributed by atoms with E-state index in [0.717, 1.165) is 41.1 Å². The fourth-order valence-electron chi connectivity index (χ4n) is 4.96. The lowest BCUT2D eigenvalue weighted by Crippen LogP contribution is -2.46. The Labute approximate surface area is 221 Å². The third-order valence-electron chi connectivity index (χ3n) is 6.70. The first-order valence-electron chi connectivity index (χ1n) is 12.0. The number of carbonyl (C=O) groups excluding carboxylic acids is 3. The normalized spacial score (nSPS) is 15.1. The first-order valence-corrected chi connectivity index (χ1v) is 13.2. The largest absolute Gasteiger partial charge is 0.346 e. The Bertz CT molecular complexity index is 1500. The van der Waals surface area contributed by atoms with Crippen LogP contribution in [0.1, 0.15) is 47.2 Å². The van der Waals surface area contributed by atoms with E-state index in [0.29, 0.717) is 27.4 Å². The Morgan fingerprint density at radius 2 is 1.81 bits per heavy atom. The number of imide groups is 1. The van der Waals surface area contributed by atoms with Gasteiger partial charge in [-0.05, 0) is 55.2 Å². The van der Waals surface area contributed by atoms with Crippen molar-refractivity contribution in [1.82, 2.24) is 25.0 Å². The number of rotatable bonds is 6. The van der Waals surface area contributed by atoms with Gasteiger partial charge in [0.2, 0.25) is 0 Å². The summed E-state index contributed by atoms with van der Waals surface area (Å²) in [6.45, 7) is 0.837. The average Bonchev–Trinajstić information content (AvgIpc) is 3.52. The minimum atomic E-state index is -0.492. The lowest BCUT2D eigenvalue weighted by molar-refractivity contribution is 0.0629. The molecule has 1 aromatic carbocycles. The fraction of sp³-hybridized carbons (Fsp3) is 0.222. The molecule has 0 unspecified atom stereocenters. The van der Waals surface area contributed by atoms with Crippen molar-refractivity contribution < 1.29 is 14.4 Å². The maximum absolute atomic E-state index is 13.5. The molecule has 2 aliphatic rings. The highest BCUT2D eigenvalue weighted by Gasteiger charge is 2.37. The number of benzene rings is 1. The summed E-state index contributed by atoms with van der Waals surface area (Å²) in [5, 5.41) is 8.01. The molecule has 1 atom stereocenters. The molecule has 10 heteroatoms. The minimum absolute atomic E-state index is 0.0596. The van der Waals surface area contributed by atoms with Gasteiger partial charge < -0.3 is 5.32 Å². The predicted octanol–water partition coefficient (Wildman–Crippen LogP) is 4.24. The van der Waals surface area contributed by atoms with Crippen molar-refractivity contribution in [2.45, 2.75) is 31.8 Å². The number of carbonyl (C=O) groups is 3. The highest BCUT2D eigenvalue weighted by molar-refractivity contribution is 7.14. The first-order chi connectivity index (χ1) is 18.0. The summed E-state index contributed by atoms with van der Waals surface area (Å²) in [6, 6.07) is 11.9. The number of hydrogen-bond acceptors (Lipinski definition) is 6. The molecule has 0 fully saturated rings. The molecule has 2 aliphatic heterocycles. The van der Waals surface area contributed by atoms with Crippen LogP contribution in [0.15, 0.2) is 61.1 Å². The maximum Gasteiger partial charge on any atom is 0.261 e. The van der Waals surface area contributed by atoms with Crippen LogP contribution >= 0.6 is 22.9 Å². The number of hydrogen-bond donors (Lipinski definition) is 1. The van der Waals surface area contributed by atoms with E-state index in [-0.39, 0.29) is 24.3 Å². The zero-order chi connectivity index (χ0) is 25.5. The molecule has 0 aliphatic carbocycles. The number of thiophene rings is 1. The first kappa shape index (κ1) is 23.6. The molecule has 1 N–H and O–H groups in total. The number of halogens is 1. The molecule has 6 rings (SSSR count). The molecule has 0 radical (unpaired) electrons. The highest BCUT2D eigenvalue weighted by atomic mass is 35.5. The van der Waals surface area contributed by atoms with E-state index in [2.05, 4.69) is 15.4 Å². The van der Waals surface area contributed by atoms with Crippen LogP contribution in [0.5, 0.6) is 0 Å². The van der Waals surface area contributed by atoms with Crippen LogP contribution in [0.4, 0.5) is 0 Å². The van der Waals surface area contributed by atoms with E-state index < -0.39 is 6.04 Å². The minimum Gasteiger partial charge on any atom is -0.346 e. The van der Waals surface area contributed by atoms with Crippen molar-refractivity contribution in [3.05, 3.63) is 92.5 Å². The van der Waals surface area contributed by atoms with Gasteiger partial charge in [0.25, 0.3) is 17.7 Å². The van der Waals surface area contributed by atoms with Crippen LogP contribution in [0.2, 0.25) is 5.02 Å². The van der Waals surface area contributed by atoms with Gasteiger partial charge in [-0.15, -0.1) is 11.3 Å². The number of nitrogens with one attached hydrogen (secondary N) is 1. The van der Waals surface area contributed by atoms with Gasteiger partial charge in [0, 0.05) is 35.9 Å². The zero-order valence-electron chi connectivity index (χ0n) is 19.7. The van der Waals surface area contributed by atoms with Crippen molar-refractivity contribution >= 4 is 40.7 Å². The maximum atomic E-state index is 13.5. The van der Waals surface area contributed by atoms with E-state index in [4.69, 9.17) is 11.6 Å². The standard InChI is InChI=1S/C27H22ClN5O3S/c28-21-14-30-33-11-3-6-22-20(24(21)33)13-23(37-22)25(34)31-17(12-16-7-9-29-10-8-16)15-32-26(35)18-4-1-2-5-19(18)27(32)36/h1-2,4-5,7-10,13-14,17H,3,6,11-12,15H2,(H,31,34)/t17-/m0/s1. The van der Waals surface area contributed by atoms with Gasteiger partial charge in [0.1, 0.15) is 0 Å². The molecule has 0 saturated heterocycles. The molecule has 5 heterocycles. The molecular formula is C27H22ClN5O3S. The van der Waals surface area contributed by atoms with Crippen LogP contribution in [0.3, 0.4) is 0 Å². The number of aryl methyl sites for hydroxylation is 2. The molecule has 37 heavy (non-hydrogen) atoms. The molecule has 4 aromatic rings. The van der Waals surface area contributed by atoms with Crippen molar-refractivity contribution in [3.63, 3.8) is 0 Å². The second kappa shape index (κ2) is 9.57. The molecule has 0 spiro atoms. The molecule has 3 amide bonds. The van der Waals surface area contributed by atoms with E-state index >= 15 is 0 Å². The zero-order valence-corrected chi connectivity index (χ0v) is 21.3. The Balaban J connectivity index is 1.27. The monoisotopic (exact) mass is 531 g/mol. The van der Waals surface area contributed by atoms with Gasteiger partial charge in [-0.2, -0.15) is 5.10 Å². The summed E-state index contributed by atoms with van der Waals surface area (Å²) >= 11 is 7.87. The van der Waals surface area contributed by atoms with Crippen molar-refractivity contribution in [2.75, 3.05) is 6.54 Å². The Morgan fingerprint density at radius 3 is 2.54 bits per heavy atom. The lowest BCUT2D eigenvalue weighted by Gasteiger charge is -2.23. The topological polar surface area (TPSA) is 97.2 Å². The van der Waals surface area contributed by atoms with Crippen molar-refractivity contribution in [3.8, 4) is 11.3 Å². The molecular weight excluding hydrogens is 510 g/mol. The lowest BCUT2D eigenvalue weighted by atomic mass is 10.1. The third-order valence-corrected chi connectivity index (χ3v) is 8.17. The van der Waals surface area contributed by atoms with Gasteiger partial charge in [-0.1, -0.05) is 23.7 Å². The van der Waals surface area contributed by atoms with Gasteiger partial charge >= 0.3 is 0 Å². The van der Waals surface area contributed by atoms with E-state index in [1.165, 1.54) is 16.2 Å². The summed E-state index contributed by atoms with van der Waals surface area (Å²) < 4.78 is 1.89. The van der Waals surface area contributed by atoms with Crippen LogP contribution in [-0.4, -0.2) is 50.0 Å². The summed E-state index contributed by atoms with van der Waals surface area (Å²) in [7, 11) is 0. The quantitative estimate of drug-likeness (QED) is 0.375. The predicted molar refractivity (Wildman–Crippen MR) is 140 cm³/mol. The average molecular weight is 532 g/mol. The number of nitrogens with zero attached hydrogens (tertiary/aromatic N) is 4.